The van der Waals surface area contributed by atoms with Gasteiger partial charge in [-0.05, 0) is 48.2 Å². The molecule has 2 heterocycles. The molecule has 0 saturated carbocycles. The van der Waals surface area contributed by atoms with Gasteiger partial charge < -0.3 is 15.4 Å². The highest BCUT2D eigenvalue weighted by atomic mass is 32.2. The molecule has 9 heteroatoms. The molecular formula is C23H22N4O2S3. The van der Waals surface area contributed by atoms with E-state index in [2.05, 4.69) is 52.0 Å². The fourth-order valence-electron chi connectivity index (χ4n) is 2.98. The molecule has 0 aliphatic rings. The summed E-state index contributed by atoms with van der Waals surface area (Å²) < 4.78 is 5.90. The number of nitrogens with zero attached hydrogens (tertiary/aromatic N) is 2. The van der Waals surface area contributed by atoms with Gasteiger partial charge in [-0.25, -0.2) is 0 Å². The first-order chi connectivity index (χ1) is 15.6. The Labute approximate surface area is 199 Å². The van der Waals surface area contributed by atoms with E-state index in [-0.39, 0.29) is 17.7 Å². The second kappa shape index (κ2) is 10.6. The number of carbonyl (C=O) groups excluding carboxylic acids is 1. The highest BCUT2D eigenvalue weighted by molar-refractivity contribution is 8.01. The van der Waals surface area contributed by atoms with Crippen molar-refractivity contribution in [1.29, 1.82) is 0 Å². The molecule has 0 spiro atoms. The first kappa shape index (κ1) is 22.3. The van der Waals surface area contributed by atoms with Gasteiger partial charge in [0.2, 0.25) is 11.0 Å². The predicted octanol–water partition coefficient (Wildman–Crippen LogP) is 5.66. The lowest BCUT2D eigenvalue weighted by atomic mass is 10.0. The van der Waals surface area contributed by atoms with Gasteiger partial charge in [-0.15, -0.1) is 21.5 Å². The van der Waals surface area contributed by atoms with Crippen LogP contribution in [0.5, 0.6) is 5.75 Å². The number of amides is 1. The molecule has 1 atom stereocenters. The zero-order valence-corrected chi connectivity index (χ0v) is 20.0. The van der Waals surface area contributed by atoms with Crippen LogP contribution in [0.25, 0.3) is 0 Å². The molecule has 1 amide bonds. The molecule has 0 saturated heterocycles. The number of benzene rings is 2. The molecular weight excluding hydrogens is 460 g/mol. The molecule has 2 aromatic heterocycles. The number of thiophene rings is 1. The van der Waals surface area contributed by atoms with Crippen molar-refractivity contribution < 1.29 is 9.53 Å². The lowest BCUT2D eigenvalue weighted by molar-refractivity contribution is -0.119. The predicted molar refractivity (Wildman–Crippen MR) is 132 cm³/mol. The zero-order valence-electron chi connectivity index (χ0n) is 17.6. The Morgan fingerprint density at radius 1 is 1.09 bits per heavy atom. The lowest BCUT2D eigenvalue weighted by Crippen LogP contribution is -2.30. The van der Waals surface area contributed by atoms with E-state index in [0.717, 1.165) is 26.2 Å². The molecule has 2 N–H and O–H groups in total. The van der Waals surface area contributed by atoms with Crippen molar-refractivity contribution in [1.82, 2.24) is 15.5 Å². The topological polar surface area (TPSA) is 76.1 Å². The average molecular weight is 483 g/mol. The summed E-state index contributed by atoms with van der Waals surface area (Å²) in [6.07, 6.45) is 0. The van der Waals surface area contributed by atoms with E-state index in [1.54, 1.807) is 18.4 Å². The number of rotatable bonds is 9. The number of thioether (sulfide) groups is 1. The molecule has 4 aromatic rings. The van der Waals surface area contributed by atoms with Crippen LogP contribution in [-0.4, -0.2) is 29.0 Å². The number of aryl methyl sites for hydroxylation is 1. The van der Waals surface area contributed by atoms with Gasteiger partial charge in [-0.1, -0.05) is 59.0 Å². The third kappa shape index (κ3) is 5.87. The van der Waals surface area contributed by atoms with Crippen LogP contribution < -0.4 is 15.4 Å². The standard InChI is InChI=1S/C23H22N4O2S3/c1-15-5-7-16(8-6-15)21(19-4-3-13-30-19)25-20(28)14-31-23-27-26-22(32-23)24-17-9-11-18(29-2)12-10-17/h3-13,21H,14H2,1-2H3,(H,24,26)(H,25,28). The second-order valence-electron chi connectivity index (χ2n) is 6.94. The molecule has 32 heavy (non-hydrogen) atoms. The van der Waals surface area contributed by atoms with E-state index in [4.69, 9.17) is 4.74 Å². The third-order valence-electron chi connectivity index (χ3n) is 4.62. The van der Waals surface area contributed by atoms with Crippen molar-refractivity contribution in [3.63, 3.8) is 0 Å². The average Bonchev–Trinajstić information content (AvgIpc) is 3.50. The van der Waals surface area contributed by atoms with E-state index in [1.165, 1.54) is 28.7 Å². The maximum absolute atomic E-state index is 12.7. The van der Waals surface area contributed by atoms with E-state index < -0.39 is 0 Å². The van der Waals surface area contributed by atoms with Gasteiger partial charge in [0, 0.05) is 10.6 Å². The number of aromatic nitrogens is 2. The van der Waals surface area contributed by atoms with Gasteiger partial charge in [-0.2, -0.15) is 0 Å². The van der Waals surface area contributed by atoms with Crippen molar-refractivity contribution in [2.75, 3.05) is 18.2 Å². The molecule has 6 nitrogen and oxygen atoms in total. The molecule has 2 aromatic carbocycles. The quantitative estimate of drug-likeness (QED) is 0.300. The van der Waals surface area contributed by atoms with Crippen LogP contribution in [-0.2, 0) is 4.79 Å². The molecule has 4 rings (SSSR count). The summed E-state index contributed by atoms with van der Waals surface area (Å²) in [5.74, 6) is 1.01. The summed E-state index contributed by atoms with van der Waals surface area (Å²) in [6.45, 7) is 2.05. The number of methoxy groups -OCH3 is 1. The van der Waals surface area contributed by atoms with E-state index in [1.807, 2.05) is 41.8 Å². The summed E-state index contributed by atoms with van der Waals surface area (Å²) in [5.41, 5.74) is 3.15. The van der Waals surface area contributed by atoms with Gasteiger partial charge in [0.25, 0.3) is 0 Å². The minimum Gasteiger partial charge on any atom is -0.497 e. The summed E-state index contributed by atoms with van der Waals surface area (Å²) in [7, 11) is 1.64. The summed E-state index contributed by atoms with van der Waals surface area (Å²) in [6, 6.07) is 19.7. The smallest absolute Gasteiger partial charge is 0.231 e. The van der Waals surface area contributed by atoms with Crippen molar-refractivity contribution in [3.8, 4) is 5.75 Å². The molecule has 1 unspecified atom stereocenters. The number of nitrogens with one attached hydrogen (secondary N) is 2. The van der Waals surface area contributed by atoms with E-state index in [9.17, 15) is 4.79 Å². The van der Waals surface area contributed by atoms with Crippen LogP contribution in [0, 0.1) is 6.92 Å². The molecule has 164 valence electrons. The SMILES string of the molecule is COc1ccc(Nc2nnc(SCC(=O)NC(c3ccc(C)cc3)c3cccs3)s2)cc1. The van der Waals surface area contributed by atoms with Crippen LogP contribution in [0.15, 0.2) is 70.4 Å². The van der Waals surface area contributed by atoms with Crippen molar-refractivity contribution in [2.45, 2.75) is 17.3 Å². The maximum atomic E-state index is 12.7. The van der Waals surface area contributed by atoms with E-state index >= 15 is 0 Å². The van der Waals surface area contributed by atoms with Gasteiger partial charge in [0.15, 0.2) is 4.34 Å². The zero-order chi connectivity index (χ0) is 22.3. The lowest BCUT2D eigenvalue weighted by Gasteiger charge is -2.18. The molecule has 0 aliphatic carbocycles. The number of carbonyl (C=O) groups is 1. The first-order valence-corrected chi connectivity index (χ1v) is 12.6. The monoisotopic (exact) mass is 482 g/mol. The number of anilines is 2. The van der Waals surface area contributed by atoms with Crippen LogP contribution >= 0.6 is 34.4 Å². The minimum absolute atomic E-state index is 0.0474. The fraction of sp³-hybridized carbons (Fsp3) is 0.174. The minimum atomic E-state index is -0.162. The molecule has 0 bridgehead atoms. The Morgan fingerprint density at radius 2 is 1.88 bits per heavy atom. The van der Waals surface area contributed by atoms with Gasteiger partial charge in [0.1, 0.15) is 5.75 Å². The Balaban J connectivity index is 1.35. The van der Waals surface area contributed by atoms with Gasteiger partial charge in [-0.3, -0.25) is 4.79 Å². The van der Waals surface area contributed by atoms with Crippen LogP contribution in [0.4, 0.5) is 10.8 Å². The molecule has 0 radical (unpaired) electrons. The summed E-state index contributed by atoms with van der Waals surface area (Å²) >= 11 is 4.43. The number of ether oxygens (including phenoxy) is 1. The van der Waals surface area contributed by atoms with Crippen molar-refractivity contribution in [2.24, 2.45) is 0 Å². The van der Waals surface area contributed by atoms with Crippen LogP contribution in [0.3, 0.4) is 0 Å². The normalized spacial score (nSPS) is 11.7. The van der Waals surface area contributed by atoms with E-state index in [0.29, 0.717) is 5.13 Å². The summed E-state index contributed by atoms with van der Waals surface area (Å²) in [4.78, 5) is 13.8. The number of hydrogen-bond donors (Lipinski definition) is 2. The van der Waals surface area contributed by atoms with Gasteiger partial charge in [0.05, 0.1) is 18.9 Å². The maximum Gasteiger partial charge on any atom is 0.231 e. The Hall–Kier alpha value is -2.88. The number of hydrogen-bond acceptors (Lipinski definition) is 8. The summed E-state index contributed by atoms with van der Waals surface area (Å²) in [5, 5.41) is 17.4. The van der Waals surface area contributed by atoms with Crippen molar-refractivity contribution >= 4 is 51.2 Å². The van der Waals surface area contributed by atoms with Gasteiger partial charge >= 0.3 is 0 Å². The first-order valence-electron chi connectivity index (χ1n) is 9.87. The molecule has 0 fully saturated rings. The third-order valence-corrected chi connectivity index (χ3v) is 7.53. The molecule has 0 aliphatic heterocycles. The Bertz CT molecular complexity index is 1140. The second-order valence-corrected chi connectivity index (χ2v) is 10.1. The Morgan fingerprint density at radius 3 is 2.56 bits per heavy atom. The highest BCUT2D eigenvalue weighted by Gasteiger charge is 2.18. The van der Waals surface area contributed by atoms with Crippen LogP contribution in [0.2, 0.25) is 0 Å². The highest BCUT2D eigenvalue weighted by Crippen LogP contribution is 2.29. The fourth-order valence-corrected chi connectivity index (χ4v) is 5.37. The van der Waals surface area contributed by atoms with Crippen molar-refractivity contribution in [3.05, 3.63) is 82.0 Å². The Kier molecular flexibility index (Phi) is 7.41. The largest absolute Gasteiger partial charge is 0.497 e. The van der Waals surface area contributed by atoms with Crippen LogP contribution in [0.1, 0.15) is 22.0 Å².